The predicted molar refractivity (Wildman–Crippen MR) is 105 cm³/mol. The molecule has 0 radical (unpaired) electrons. The third-order valence-electron chi connectivity index (χ3n) is 4.50. The average molecular weight is 400 g/mol. The van der Waals surface area contributed by atoms with Crippen molar-refractivity contribution in [3.05, 3.63) is 39.9 Å². The molecule has 1 aliphatic heterocycles. The summed E-state index contributed by atoms with van der Waals surface area (Å²) in [6, 6.07) is 4.33. The molecule has 1 fully saturated rings. The Labute approximate surface area is 167 Å². The third kappa shape index (κ3) is 4.61. The monoisotopic (exact) mass is 400 g/mol. The van der Waals surface area contributed by atoms with Crippen molar-refractivity contribution in [3.8, 4) is 0 Å². The van der Waals surface area contributed by atoms with E-state index in [1.807, 2.05) is 0 Å². The molecule has 1 aromatic carbocycles. The molecule has 154 valence electrons. The molecule has 1 atom stereocenters. The van der Waals surface area contributed by atoms with Gasteiger partial charge in [0, 0.05) is 13.0 Å². The molecule has 2 aromatic rings. The number of fused-ring (bicyclic) bond motifs is 1. The van der Waals surface area contributed by atoms with Crippen molar-refractivity contribution < 1.29 is 19.1 Å². The van der Waals surface area contributed by atoms with Crippen LogP contribution in [0.1, 0.15) is 51.0 Å². The first-order valence-corrected chi connectivity index (χ1v) is 9.37. The minimum atomic E-state index is -0.777. The van der Waals surface area contributed by atoms with Gasteiger partial charge in [0.2, 0.25) is 11.8 Å². The van der Waals surface area contributed by atoms with Gasteiger partial charge in [0.05, 0.1) is 10.9 Å². The van der Waals surface area contributed by atoms with Gasteiger partial charge in [-0.15, -0.1) is 0 Å². The van der Waals surface area contributed by atoms with E-state index >= 15 is 0 Å². The predicted octanol–water partition coefficient (Wildman–Crippen LogP) is 1.71. The molecule has 0 bridgehead atoms. The summed E-state index contributed by atoms with van der Waals surface area (Å²) in [4.78, 5) is 53.0. The molecule has 29 heavy (non-hydrogen) atoms. The summed E-state index contributed by atoms with van der Waals surface area (Å²) in [5, 5.41) is 5.25. The number of benzene rings is 1. The van der Waals surface area contributed by atoms with Crippen molar-refractivity contribution >= 4 is 28.8 Å². The Kier molecular flexibility index (Phi) is 5.41. The lowest BCUT2D eigenvalue weighted by atomic mass is 10.0. The summed E-state index contributed by atoms with van der Waals surface area (Å²) in [7, 11) is 0. The number of alkyl carbamates (subject to hydrolysis) is 1. The van der Waals surface area contributed by atoms with Crippen LogP contribution in [0.4, 0.5) is 4.79 Å². The summed E-state index contributed by atoms with van der Waals surface area (Å²) < 4.78 is 6.53. The van der Waals surface area contributed by atoms with Crippen LogP contribution in [0.2, 0.25) is 0 Å². The van der Waals surface area contributed by atoms with Crippen molar-refractivity contribution in [2.75, 3.05) is 0 Å². The molecule has 0 saturated carbocycles. The number of carbonyl (C=O) groups excluding carboxylic acids is 3. The molecule has 9 heteroatoms. The van der Waals surface area contributed by atoms with Crippen LogP contribution >= 0.6 is 0 Å². The Balaban J connectivity index is 1.90. The van der Waals surface area contributed by atoms with Crippen LogP contribution in [0.15, 0.2) is 23.0 Å². The zero-order valence-corrected chi connectivity index (χ0v) is 16.9. The fourth-order valence-electron chi connectivity index (χ4n) is 3.25. The van der Waals surface area contributed by atoms with Gasteiger partial charge in [-0.25, -0.2) is 9.78 Å². The van der Waals surface area contributed by atoms with Gasteiger partial charge >= 0.3 is 6.09 Å². The molecule has 2 N–H and O–H groups in total. The number of rotatable bonds is 3. The Morgan fingerprint density at radius 2 is 2.03 bits per heavy atom. The fourth-order valence-corrected chi connectivity index (χ4v) is 3.25. The van der Waals surface area contributed by atoms with E-state index < -0.39 is 23.6 Å². The number of hydrogen-bond acceptors (Lipinski definition) is 6. The molecule has 3 amide bonds. The molecule has 9 nitrogen and oxygen atoms in total. The molecular formula is C20H24N4O5. The van der Waals surface area contributed by atoms with E-state index in [2.05, 4.69) is 15.6 Å². The number of amides is 3. The minimum Gasteiger partial charge on any atom is -0.444 e. The van der Waals surface area contributed by atoms with Crippen LogP contribution in [-0.4, -0.2) is 33.1 Å². The summed E-state index contributed by atoms with van der Waals surface area (Å²) in [6.45, 7) is 7.15. The largest absolute Gasteiger partial charge is 0.444 e. The van der Waals surface area contributed by atoms with E-state index in [0.29, 0.717) is 22.3 Å². The van der Waals surface area contributed by atoms with Gasteiger partial charge in [0.15, 0.2) is 0 Å². The normalized spacial score (nSPS) is 17.2. The van der Waals surface area contributed by atoms with Crippen molar-refractivity contribution in [2.24, 2.45) is 0 Å². The summed E-state index contributed by atoms with van der Waals surface area (Å²) in [6.07, 6.45) is -0.140. The second-order valence-electron chi connectivity index (χ2n) is 8.01. The quantitative estimate of drug-likeness (QED) is 0.757. The number of piperidine rings is 1. The van der Waals surface area contributed by atoms with Crippen LogP contribution in [-0.2, 0) is 20.9 Å². The maximum atomic E-state index is 13.1. The molecule has 3 rings (SSSR count). The SMILES string of the molecule is Cc1nc2ccc(CNC(=O)OC(C)(C)C)cc2c(=O)n1C1CCC(=O)NC1=O. The second kappa shape index (κ2) is 7.65. The summed E-state index contributed by atoms with van der Waals surface area (Å²) in [5.74, 6) is -0.451. The van der Waals surface area contributed by atoms with E-state index in [1.165, 1.54) is 4.57 Å². The molecule has 0 spiro atoms. The molecule has 1 aliphatic rings. The van der Waals surface area contributed by atoms with Gasteiger partial charge in [-0.2, -0.15) is 0 Å². The molecule has 1 aromatic heterocycles. The van der Waals surface area contributed by atoms with Crippen LogP contribution in [0.5, 0.6) is 0 Å². The van der Waals surface area contributed by atoms with Gasteiger partial charge in [0.25, 0.3) is 5.56 Å². The molecule has 0 aliphatic carbocycles. The number of nitrogens with one attached hydrogen (secondary N) is 2. The van der Waals surface area contributed by atoms with E-state index in [1.54, 1.807) is 45.9 Å². The highest BCUT2D eigenvalue weighted by Crippen LogP contribution is 2.20. The van der Waals surface area contributed by atoms with E-state index in [-0.39, 0.29) is 30.9 Å². The number of imide groups is 1. The Morgan fingerprint density at radius 3 is 2.69 bits per heavy atom. The van der Waals surface area contributed by atoms with E-state index in [9.17, 15) is 19.2 Å². The molecule has 2 heterocycles. The highest BCUT2D eigenvalue weighted by Gasteiger charge is 2.30. The van der Waals surface area contributed by atoms with Gasteiger partial charge in [-0.3, -0.25) is 24.3 Å². The lowest BCUT2D eigenvalue weighted by molar-refractivity contribution is -0.135. The van der Waals surface area contributed by atoms with Crippen molar-refractivity contribution in [2.45, 2.75) is 58.7 Å². The van der Waals surface area contributed by atoms with Crippen molar-refractivity contribution in [1.29, 1.82) is 0 Å². The molecular weight excluding hydrogens is 376 g/mol. The zero-order valence-electron chi connectivity index (χ0n) is 16.9. The van der Waals surface area contributed by atoms with E-state index in [0.717, 1.165) is 0 Å². The molecule has 1 unspecified atom stereocenters. The first-order valence-electron chi connectivity index (χ1n) is 9.37. The van der Waals surface area contributed by atoms with Crippen LogP contribution in [0.25, 0.3) is 10.9 Å². The first-order chi connectivity index (χ1) is 13.5. The number of hydrogen-bond donors (Lipinski definition) is 2. The van der Waals surface area contributed by atoms with Crippen molar-refractivity contribution in [3.63, 3.8) is 0 Å². The third-order valence-corrected chi connectivity index (χ3v) is 4.50. The maximum Gasteiger partial charge on any atom is 0.407 e. The number of aryl methyl sites for hydroxylation is 1. The number of nitrogens with zero attached hydrogens (tertiary/aromatic N) is 2. The average Bonchev–Trinajstić information content (AvgIpc) is 2.60. The Morgan fingerprint density at radius 1 is 1.31 bits per heavy atom. The van der Waals surface area contributed by atoms with E-state index in [4.69, 9.17) is 4.74 Å². The minimum absolute atomic E-state index is 0.167. The fraction of sp³-hybridized carbons (Fsp3) is 0.450. The molecule has 1 saturated heterocycles. The number of ether oxygens (including phenoxy) is 1. The number of carbonyl (C=O) groups is 3. The van der Waals surface area contributed by atoms with Gasteiger partial charge in [-0.1, -0.05) is 6.07 Å². The zero-order chi connectivity index (χ0) is 21.3. The highest BCUT2D eigenvalue weighted by atomic mass is 16.6. The van der Waals surface area contributed by atoms with Crippen molar-refractivity contribution in [1.82, 2.24) is 20.2 Å². The van der Waals surface area contributed by atoms with Crippen LogP contribution < -0.4 is 16.2 Å². The lowest BCUT2D eigenvalue weighted by Crippen LogP contribution is -2.45. The van der Waals surface area contributed by atoms with Gasteiger partial charge in [0.1, 0.15) is 17.5 Å². The lowest BCUT2D eigenvalue weighted by Gasteiger charge is -2.24. The summed E-state index contributed by atoms with van der Waals surface area (Å²) >= 11 is 0. The topological polar surface area (TPSA) is 119 Å². The smallest absolute Gasteiger partial charge is 0.407 e. The summed E-state index contributed by atoms with van der Waals surface area (Å²) in [5.41, 5.74) is 0.226. The first kappa shape index (κ1) is 20.5. The number of aromatic nitrogens is 2. The van der Waals surface area contributed by atoms with Gasteiger partial charge < -0.3 is 10.1 Å². The highest BCUT2D eigenvalue weighted by molar-refractivity contribution is 5.99. The second-order valence-corrected chi connectivity index (χ2v) is 8.01. The van der Waals surface area contributed by atoms with Crippen LogP contribution in [0.3, 0.4) is 0 Å². The Bertz CT molecular complexity index is 1050. The van der Waals surface area contributed by atoms with Crippen LogP contribution in [0, 0.1) is 6.92 Å². The Hall–Kier alpha value is -3.23. The maximum absolute atomic E-state index is 13.1. The standard InChI is InChI=1S/C20H24N4O5/c1-11-22-14-6-5-12(10-21-19(28)29-20(2,3)4)9-13(14)18(27)24(11)15-7-8-16(25)23-17(15)26/h5-6,9,15H,7-8,10H2,1-4H3,(H,21,28)(H,23,25,26). The van der Waals surface area contributed by atoms with Gasteiger partial charge in [-0.05, 0) is 51.8 Å².